The molecular formula is C43H72BrN5O3Si2. The zero-order valence-corrected chi connectivity index (χ0v) is 38.6. The monoisotopic (exact) mass is 841 g/mol. The quantitative estimate of drug-likeness (QED) is 0.0562. The molecule has 8 nitrogen and oxygen atoms in total. The highest BCUT2D eigenvalue weighted by Crippen LogP contribution is 2.38. The number of unbranched alkanes of at least 4 members (excludes halogenated alkanes) is 11. The van der Waals surface area contributed by atoms with E-state index in [9.17, 15) is 4.79 Å². The normalized spacial score (nSPS) is 15.8. The number of ketones is 1. The average Bonchev–Trinajstić information content (AvgIpc) is 3.68. The van der Waals surface area contributed by atoms with E-state index in [1.165, 1.54) is 76.3 Å². The molecule has 0 saturated heterocycles. The lowest BCUT2D eigenvalue weighted by atomic mass is 9.98. The van der Waals surface area contributed by atoms with Crippen LogP contribution in [0, 0.1) is 5.92 Å². The Morgan fingerprint density at radius 2 is 1.43 bits per heavy atom. The summed E-state index contributed by atoms with van der Waals surface area (Å²) in [6.07, 6.45) is 19.1. The van der Waals surface area contributed by atoms with Crippen molar-refractivity contribution in [3.05, 3.63) is 34.1 Å². The van der Waals surface area contributed by atoms with Crippen molar-refractivity contribution in [1.82, 2.24) is 24.2 Å². The van der Waals surface area contributed by atoms with Gasteiger partial charge in [-0.1, -0.05) is 139 Å². The first-order valence-corrected chi connectivity index (χ1v) is 29.7. The van der Waals surface area contributed by atoms with Crippen LogP contribution in [0.5, 0.6) is 0 Å². The molecule has 0 amide bonds. The molecule has 3 aromatic rings. The van der Waals surface area contributed by atoms with Gasteiger partial charge in [0, 0.05) is 58.2 Å². The van der Waals surface area contributed by atoms with Gasteiger partial charge in [0.2, 0.25) is 0 Å². The smallest absolute Gasteiger partial charge is 0.163 e. The molecule has 302 valence electrons. The van der Waals surface area contributed by atoms with E-state index in [-0.39, 0.29) is 12.0 Å². The Labute approximate surface area is 337 Å². The highest BCUT2D eigenvalue weighted by molar-refractivity contribution is 9.10. The molecule has 0 spiro atoms. The molecule has 1 aliphatic carbocycles. The zero-order valence-electron chi connectivity index (χ0n) is 35.0. The van der Waals surface area contributed by atoms with Crippen molar-refractivity contribution in [3.8, 4) is 11.5 Å². The van der Waals surface area contributed by atoms with Crippen LogP contribution in [0.25, 0.3) is 22.4 Å². The van der Waals surface area contributed by atoms with Gasteiger partial charge in [-0.2, -0.15) is 5.10 Å². The maximum Gasteiger partial charge on any atom is 0.163 e. The van der Waals surface area contributed by atoms with Gasteiger partial charge >= 0.3 is 0 Å². The van der Waals surface area contributed by atoms with E-state index in [4.69, 9.17) is 19.6 Å². The van der Waals surface area contributed by atoms with Crippen LogP contribution < -0.4 is 0 Å². The van der Waals surface area contributed by atoms with E-state index in [0.717, 1.165) is 90.1 Å². The van der Waals surface area contributed by atoms with E-state index in [1.54, 1.807) is 0 Å². The lowest BCUT2D eigenvalue weighted by Gasteiger charge is -2.27. The van der Waals surface area contributed by atoms with E-state index in [2.05, 4.69) is 89.8 Å². The number of ether oxygens (including phenoxy) is 2. The highest BCUT2D eigenvalue weighted by Gasteiger charge is 2.40. The molecule has 11 heteroatoms. The van der Waals surface area contributed by atoms with Gasteiger partial charge in [0.25, 0.3) is 0 Å². The van der Waals surface area contributed by atoms with Crippen molar-refractivity contribution in [1.29, 1.82) is 0 Å². The Morgan fingerprint density at radius 1 is 0.833 bits per heavy atom. The lowest BCUT2D eigenvalue weighted by Crippen LogP contribution is -2.39. The predicted octanol–water partition coefficient (Wildman–Crippen LogP) is 12.0. The number of fused-ring (bicyclic) bond motifs is 2. The van der Waals surface area contributed by atoms with Crippen LogP contribution >= 0.6 is 15.9 Å². The third-order valence-electron chi connectivity index (χ3n) is 11.3. The molecule has 1 aliphatic heterocycles. The number of imidazole rings is 1. The molecule has 0 N–H and O–H groups in total. The Balaban J connectivity index is 1.28. The average molecular weight is 843 g/mol. The number of carbonyl (C=O) groups excluding carboxylic acids is 1. The largest absolute Gasteiger partial charge is 0.361 e. The molecule has 2 aromatic heterocycles. The summed E-state index contributed by atoms with van der Waals surface area (Å²) in [7, 11) is -2.45. The summed E-state index contributed by atoms with van der Waals surface area (Å²) >= 11 is 3.70. The molecule has 5 rings (SSSR count). The standard InChI is InChI=1S/C43H72BrN5O3Si2/c1-8-9-10-11-12-13-14-15-16-17-18-19-20-38(42(50)34-21-22-34)47-30-37-40(31-47)48(32-51-25-27-53(2,3)4)43(45-37)41-36-24-23-35(44)29-39(36)49(46-41)33-52-26-28-54(5,6)7/h23-24,29,34,38H,8-22,25-28,30-33H2,1-7H3. The van der Waals surface area contributed by atoms with Crippen LogP contribution in [0.4, 0.5) is 0 Å². The van der Waals surface area contributed by atoms with E-state index in [1.807, 2.05) is 4.68 Å². The molecule has 0 bridgehead atoms. The second-order valence-corrected chi connectivity index (χ2v) is 30.9. The van der Waals surface area contributed by atoms with Gasteiger partial charge in [-0.15, -0.1) is 0 Å². The van der Waals surface area contributed by atoms with Gasteiger partial charge in [0.15, 0.2) is 11.6 Å². The fourth-order valence-electron chi connectivity index (χ4n) is 7.62. The second-order valence-electron chi connectivity index (χ2n) is 18.7. The molecule has 1 unspecified atom stereocenters. The Hall–Kier alpha value is -1.64. The third kappa shape index (κ3) is 13.2. The van der Waals surface area contributed by atoms with Crippen molar-refractivity contribution in [2.75, 3.05) is 13.2 Å². The van der Waals surface area contributed by atoms with Crippen LogP contribution in [-0.2, 0) is 40.8 Å². The molecule has 0 radical (unpaired) electrons. The van der Waals surface area contributed by atoms with Crippen LogP contribution in [0.3, 0.4) is 0 Å². The summed E-state index contributed by atoms with van der Waals surface area (Å²) in [6.45, 7) is 20.4. The lowest BCUT2D eigenvalue weighted by molar-refractivity contribution is -0.126. The number of benzene rings is 1. The van der Waals surface area contributed by atoms with Gasteiger partial charge in [-0.05, 0) is 49.5 Å². The van der Waals surface area contributed by atoms with E-state index >= 15 is 0 Å². The molecule has 54 heavy (non-hydrogen) atoms. The second kappa shape index (κ2) is 20.7. The van der Waals surface area contributed by atoms with Gasteiger partial charge in [0.1, 0.15) is 19.2 Å². The molecule has 1 atom stereocenters. The van der Waals surface area contributed by atoms with Crippen molar-refractivity contribution < 1.29 is 14.3 Å². The summed E-state index contributed by atoms with van der Waals surface area (Å²) in [4.78, 5) is 21.6. The third-order valence-corrected chi connectivity index (χ3v) is 15.2. The topological polar surface area (TPSA) is 74.4 Å². The Bertz CT molecular complexity index is 1620. The Kier molecular flexibility index (Phi) is 16.7. The van der Waals surface area contributed by atoms with Crippen LogP contribution in [-0.4, -0.2) is 65.4 Å². The van der Waals surface area contributed by atoms with Gasteiger partial charge in [-0.3, -0.25) is 9.69 Å². The first-order chi connectivity index (χ1) is 25.8. The number of halogens is 1. The first-order valence-electron chi connectivity index (χ1n) is 21.5. The maximum atomic E-state index is 13.8. The fraction of sp³-hybridized carbons (Fsp3) is 0.744. The summed E-state index contributed by atoms with van der Waals surface area (Å²) < 4.78 is 17.9. The van der Waals surface area contributed by atoms with Gasteiger partial charge < -0.3 is 14.0 Å². The van der Waals surface area contributed by atoms with Gasteiger partial charge in [0.05, 0.1) is 22.9 Å². The number of rotatable bonds is 27. The molecule has 1 aromatic carbocycles. The van der Waals surface area contributed by atoms with Crippen molar-refractivity contribution in [3.63, 3.8) is 0 Å². The van der Waals surface area contributed by atoms with E-state index in [0.29, 0.717) is 25.8 Å². The maximum absolute atomic E-state index is 13.8. The number of Topliss-reactive ketones (excluding diaryl/α,β-unsaturated/α-hetero) is 1. The zero-order chi connectivity index (χ0) is 38.7. The predicted molar refractivity (Wildman–Crippen MR) is 233 cm³/mol. The fourth-order valence-corrected chi connectivity index (χ4v) is 9.48. The minimum atomic E-state index is -1.25. The van der Waals surface area contributed by atoms with Crippen LogP contribution in [0.1, 0.15) is 115 Å². The molecule has 1 saturated carbocycles. The first kappa shape index (κ1) is 43.5. The number of aromatic nitrogens is 4. The molecule has 1 fully saturated rings. The summed E-state index contributed by atoms with van der Waals surface area (Å²) in [5, 5.41) is 6.23. The minimum Gasteiger partial charge on any atom is -0.361 e. The SMILES string of the molecule is CCCCCCCCCCCCCCC(C(=O)C1CC1)N1Cc2nc(-c3nn(COCC[Si](C)(C)C)c4cc(Br)ccc34)n(COCC[Si](C)(C)C)c2C1. The number of nitrogens with zero attached hydrogens (tertiary/aromatic N) is 5. The summed E-state index contributed by atoms with van der Waals surface area (Å²) in [6, 6.07) is 8.56. The van der Waals surface area contributed by atoms with Crippen molar-refractivity contribution in [2.45, 2.75) is 187 Å². The minimum absolute atomic E-state index is 0.0229. The molecule has 2 aliphatic rings. The molecule has 3 heterocycles. The van der Waals surface area contributed by atoms with Crippen LogP contribution in [0.15, 0.2) is 22.7 Å². The highest BCUT2D eigenvalue weighted by atomic mass is 79.9. The van der Waals surface area contributed by atoms with E-state index < -0.39 is 16.1 Å². The van der Waals surface area contributed by atoms with Gasteiger partial charge in [-0.25, -0.2) is 9.67 Å². The number of hydrogen-bond acceptors (Lipinski definition) is 6. The van der Waals surface area contributed by atoms with Crippen LogP contribution in [0.2, 0.25) is 51.4 Å². The number of carbonyl (C=O) groups is 1. The Morgan fingerprint density at radius 3 is 2.02 bits per heavy atom. The summed E-state index contributed by atoms with van der Waals surface area (Å²) in [5.74, 6) is 1.57. The molecular weight excluding hydrogens is 771 g/mol. The van der Waals surface area contributed by atoms with Crippen molar-refractivity contribution >= 4 is 48.8 Å². The van der Waals surface area contributed by atoms with Crippen molar-refractivity contribution in [2.24, 2.45) is 5.92 Å². The number of hydrogen-bond donors (Lipinski definition) is 0. The summed E-state index contributed by atoms with van der Waals surface area (Å²) in [5.41, 5.74) is 4.13.